The van der Waals surface area contributed by atoms with Gasteiger partial charge in [-0.3, -0.25) is 0 Å². The van der Waals surface area contributed by atoms with Crippen LogP contribution in [0.2, 0.25) is 0 Å². The summed E-state index contributed by atoms with van der Waals surface area (Å²) in [7, 11) is -3.45. The highest BCUT2D eigenvalue weighted by Gasteiger charge is 2.23. The molecule has 3 N–H and O–H groups in total. The minimum absolute atomic E-state index is 0.0318. The molecule has 0 amide bonds. The summed E-state index contributed by atoms with van der Waals surface area (Å²) in [5.41, 5.74) is 5.46. The van der Waals surface area contributed by atoms with Gasteiger partial charge in [0, 0.05) is 24.1 Å². The molecular weight excluding hydrogens is 246 g/mol. The molecule has 16 heavy (non-hydrogen) atoms. The van der Waals surface area contributed by atoms with Crippen molar-refractivity contribution in [3.8, 4) is 0 Å². The molecular formula is C9H13N3O2S2. The number of nitrogens with zero attached hydrogens (tertiary/aromatic N) is 1. The lowest BCUT2D eigenvalue weighted by atomic mass is 10.3. The van der Waals surface area contributed by atoms with Gasteiger partial charge in [-0.15, -0.1) is 0 Å². The zero-order valence-corrected chi connectivity index (χ0v) is 10.2. The minimum Gasteiger partial charge on any atom is -0.384 e. The van der Waals surface area contributed by atoms with E-state index in [1.807, 2.05) is 0 Å². The summed E-state index contributed by atoms with van der Waals surface area (Å²) in [6, 6.07) is 2.84. The Labute approximate surface area is 98.9 Å². The fraction of sp³-hybridized carbons (Fsp3) is 0.444. The van der Waals surface area contributed by atoms with E-state index in [1.165, 1.54) is 18.3 Å². The lowest BCUT2D eigenvalue weighted by Crippen LogP contribution is -2.34. The van der Waals surface area contributed by atoms with E-state index in [-0.39, 0.29) is 16.8 Å². The number of pyridine rings is 1. The van der Waals surface area contributed by atoms with Crippen LogP contribution in [0.25, 0.3) is 0 Å². The standard InChI is InChI=1S/C9H13N3O2S2/c10-9-5-8(1-3-11-9)16(13,14)12-7-2-4-15-6-7/h1,3,5,7,12H,2,4,6H2,(H2,10,11). The molecule has 1 fully saturated rings. The summed E-state index contributed by atoms with van der Waals surface area (Å²) in [6.45, 7) is 0. The number of sulfonamides is 1. The molecule has 0 saturated carbocycles. The van der Waals surface area contributed by atoms with Crippen LogP contribution in [0.1, 0.15) is 6.42 Å². The maximum absolute atomic E-state index is 11.9. The Hall–Kier alpha value is -0.790. The Morgan fingerprint density at radius 2 is 2.38 bits per heavy atom. The van der Waals surface area contributed by atoms with E-state index in [4.69, 9.17) is 5.73 Å². The van der Waals surface area contributed by atoms with E-state index in [0.29, 0.717) is 0 Å². The number of thioether (sulfide) groups is 1. The number of hydrogen-bond acceptors (Lipinski definition) is 5. The van der Waals surface area contributed by atoms with Gasteiger partial charge in [-0.25, -0.2) is 18.1 Å². The fourth-order valence-corrected chi connectivity index (χ4v) is 4.06. The smallest absolute Gasteiger partial charge is 0.241 e. The second-order valence-electron chi connectivity index (χ2n) is 3.60. The number of nitrogens with one attached hydrogen (secondary N) is 1. The second-order valence-corrected chi connectivity index (χ2v) is 6.46. The molecule has 2 rings (SSSR count). The lowest BCUT2D eigenvalue weighted by molar-refractivity contribution is 0.563. The van der Waals surface area contributed by atoms with E-state index < -0.39 is 10.0 Å². The predicted molar refractivity (Wildman–Crippen MR) is 64.7 cm³/mol. The van der Waals surface area contributed by atoms with Gasteiger partial charge in [0.2, 0.25) is 10.0 Å². The van der Waals surface area contributed by atoms with Crippen molar-refractivity contribution in [2.75, 3.05) is 17.2 Å². The lowest BCUT2D eigenvalue weighted by Gasteiger charge is -2.11. The number of hydrogen-bond donors (Lipinski definition) is 2. The normalized spacial score (nSPS) is 21.1. The molecule has 1 saturated heterocycles. The molecule has 0 aliphatic carbocycles. The summed E-state index contributed by atoms with van der Waals surface area (Å²) in [4.78, 5) is 3.94. The summed E-state index contributed by atoms with van der Waals surface area (Å²) in [5, 5.41) is 0. The van der Waals surface area contributed by atoms with Crippen LogP contribution in [-0.2, 0) is 10.0 Å². The zero-order chi connectivity index (χ0) is 11.6. The quantitative estimate of drug-likeness (QED) is 0.823. The van der Waals surface area contributed by atoms with Crippen molar-refractivity contribution in [2.24, 2.45) is 0 Å². The monoisotopic (exact) mass is 259 g/mol. The summed E-state index contributed by atoms with van der Waals surface area (Å²) in [6.07, 6.45) is 2.28. The Bertz CT molecular complexity index is 469. The molecule has 0 spiro atoms. The molecule has 1 aliphatic heterocycles. The van der Waals surface area contributed by atoms with Gasteiger partial charge in [0.15, 0.2) is 0 Å². The van der Waals surface area contributed by atoms with E-state index >= 15 is 0 Å². The molecule has 0 aromatic carbocycles. The van der Waals surface area contributed by atoms with E-state index in [0.717, 1.165) is 17.9 Å². The van der Waals surface area contributed by atoms with Crippen molar-refractivity contribution in [3.63, 3.8) is 0 Å². The first-order chi connectivity index (χ1) is 7.58. The zero-order valence-electron chi connectivity index (χ0n) is 8.59. The highest BCUT2D eigenvalue weighted by Crippen LogP contribution is 2.19. The molecule has 1 atom stereocenters. The summed E-state index contributed by atoms with van der Waals surface area (Å²) in [5.74, 6) is 2.05. The molecule has 1 unspecified atom stereocenters. The molecule has 2 heterocycles. The van der Waals surface area contributed by atoms with Crippen LogP contribution in [0.15, 0.2) is 23.2 Å². The molecule has 5 nitrogen and oxygen atoms in total. The van der Waals surface area contributed by atoms with Crippen LogP contribution in [-0.4, -0.2) is 30.9 Å². The van der Waals surface area contributed by atoms with Gasteiger partial charge in [0.1, 0.15) is 5.82 Å². The van der Waals surface area contributed by atoms with Gasteiger partial charge in [0.05, 0.1) is 4.90 Å². The van der Waals surface area contributed by atoms with Gasteiger partial charge >= 0.3 is 0 Å². The number of anilines is 1. The topological polar surface area (TPSA) is 85.1 Å². The van der Waals surface area contributed by atoms with Crippen molar-refractivity contribution < 1.29 is 8.42 Å². The van der Waals surface area contributed by atoms with Gasteiger partial charge in [-0.2, -0.15) is 11.8 Å². The minimum atomic E-state index is -3.45. The molecule has 1 aromatic rings. The Morgan fingerprint density at radius 1 is 1.56 bits per heavy atom. The van der Waals surface area contributed by atoms with Gasteiger partial charge in [-0.05, 0) is 18.2 Å². The maximum Gasteiger partial charge on any atom is 0.241 e. The van der Waals surface area contributed by atoms with Gasteiger partial charge in [0.25, 0.3) is 0 Å². The maximum atomic E-state index is 11.9. The van der Waals surface area contributed by atoms with Crippen molar-refractivity contribution in [3.05, 3.63) is 18.3 Å². The largest absolute Gasteiger partial charge is 0.384 e. The Morgan fingerprint density at radius 3 is 3.00 bits per heavy atom. The first kappa shape index (κ1) is 11.7. The average Bonchev–Trinajstić information content (AvgIpc) is 2.70. The van der Waals surface area contributed by atoms with Crippen LogP contribution in [0, 0.1) is 0 Å². The SMILES string of the molecule is Nc1cc(S(=O)(=O)NC2CCSC2)ccn1. The first-order valence-electron chi connectivity index (χ1n) is 4.89. The predicted octanol–water partition coefficient (Wildman–Crippen LogP) is 0.448. The Balaban J connectivity index is 2.18. The van der Waals surface area contributed by atoms with E-state index in [9.17, 15) is 8.42 Å². The molecule has 1 aliphatic rings. The summed E-state index contributed by atoms with van der Waals surface area (Å²) < 4.78 is 26.5. The highest BCUT2D eigenvalue weighted by molar-refractivity contribution is 7.99. The molecule has 7 heteroatoms. The number of aromatic nitrogens is 1. The third-order valence-electron chi connectivity index (χ3n) is 2.31. The van der Waals surface area contributed by atoms with Crippen molar-refractivity contribution >= 4 is 27.6 Å². The molecule has 88 valence electrons. The number of rotatable bonds is 3. The molecule has 0 bridgehead atoms. The number of nitrogen functional groups attached to an aromatic ring is 1. The molecule has 1 aromatic heterocycles. The second kappa shape index (κ2) is 4.60. The van der Waals surface area contributed by atoms with Crippen molar-refractivity contribution in [1.29, 1.82) is 0 Å². The number of nitrogens with two attached hydrogens (primary N) is 1. The average molecular weight is 259 g/mol. The van der Waals surface area contributed by atoms with Crippen molar-refractivity contribution in [1.82, 2.24) is 9.71 Å². The van der Waals surface area contributed by atoms with E-state index in [1.54, 1.807) is 11.8 Å². The Kier molecular flexibility index (Phi) is 3.36. The van der Waals surface area contributed by atoms with Crippen LogP contribution in [0.3, 0.4) is 0 Å². The van der Waals surface area contributed by atoms with E-state index in [2.05, 4.69) is 9.71 Å². The van der Waals surface area contributed by atoms with Crippen LogP contribution in [0.5, 0.6) is 0 Å². The fourth-order valence-electron chi connectivity index (χ4n) is 1.51. The summed E-state index contributed by atoms with van der Waals surface area (Å²) >= 11 is 1.76. The third kappa shape index (κ3) is 2.66. The van der Waals surface area contributed by atoms with Gasteiger partial charge in [-0.1, -0.05) is 0 Å². The highest BCUT2D eigenvalue weighted by atomic mass is 32.2. The van der Waals surface area contributed by atoms with Crippen molar-refractivity contribution in [2.45, 2.75) is 17.4 Å². The van der Waals surface area contributed by atoms with Crippen LogP contribution in [0.4, 0.5) is 5.82 Å². The molecule has 0 radical (unpaired) electrons. The van der Waals surface area contributed by atoms with Gasteiger partial charge < -0.3 is 5.73 Å². The first-order valence-corrected chi connectivity index (χ1v) is 7.53. The van der Waals surface area contributed by atoms with Crippen LogP contribution < -0.4 is 10.5 Å². The van der Waals surface area contributed by atoms with Crippen LogP contribution >= 0.6 is 11.8 Å². The third-order valence-corrected chi connectivity index (χ3v) is 4.99.